The molecule has 146 valence electrons. The molecule has 6 nitrogen and oxygen atoms in total. The van der Waals surface area contributed by atoms with E-state index in [9.17, 15) is 14.4 Å². The van der Waals surface area contributed by atoms with Crippen molar-refractivity contribution < 1.29 is 14.4 Å². The Bertz CT molecular complexity index is 864. The standard InChI is InChI=1S/C21H22ClN3O3/c22-15-10-11-18(17(12-15)20(27)14-6-2-1-3-7-14)23-13-19(26)25-21(28)24-16-8-4-5-9-16/h1-3,6-7,10-12,16,23H,4-5,8-9,13H2,(H2,24,25,26,28). The number of hydrogen-bond acceptors (Lipinski definition) is 4. The molecule has 28 heavy (non-hydrogen) atoms. The number of nitrogens with one attached hydrogen (secondary N) is 3. The lowest BCUT2D eigenvalue weighted by atomic mass is 10.0. The van der Waals surface area contributed by atoms with Gasteiger partial charge in [-0.25, -0.2) is 4.79 Å². The lowest BCUT2D eigenvalue weighted by Crippen LogP contribution is -2.45. The minimum Gasteiger partial charge on any atom is -0.376 e. The van der Waals surface area contributed by atoms with Crippen molar-refractivity contribution in [3.8, 4) is 0 Å². The summed E-state index contributed by atoms with van der Waals surface area (Å²) >= 11 is 6.05. The zero-order valence-corrected chi connectivity index (χ0v) is 16.1. The minimum atomic E-state index is -0.490. The summed E-state index contributed by atoms with van der Waals surface area (Å²) in [5, 5.41) is 8.44. The SMILES string of the molecule is O=C(CNc1ccc(Cl)cc1C(=O)c1ccccc1)NC(=O)NC1CCCC1. The van der Waals surface area contributed by atoms with Crippen LogP contribution in [0.1, 0.15) is 41.6 Å². The Morgan fingerprint density at radius 2 is 1.71 bits per heavy atom. The van der Waals surface area contributed by atoms with Crippen LogP contribution in [0.2, 0.25) is 5.02 Å². The van der Waals surface area contributed by atoms with E-state index in [1.807, 2.05) is 6.07 Å². The highest BCUT2D eigenvalue weighted by atomic mass is 35.5. The van der Waals surface area contributed by atoms with Crippen LogP contribution in [-0.2, 0) is 4.79 Å². The van der Waals surface area contributed by atoms with Crippen LogP contribution in [0.25, 0.3) is 0 Å². The molecule has 3 N–H and O–H groups in total. The van der Waals surface area contributed by atoms with Gasteiger partial charge in [0.15, 0.2) is 5.78 Å². The van der Waals surface area contributed by atoms with Gasteiger partial charge in [0.25, 0.3) is 0 Å². The first-order valence-electron chi connectivity index (χ1n) is 9.26. The van der Waals surface area contributed by atoms with E-state index in [1.165, 1.54) is 0 Å². The Morgan fingerprint density at radius 1 is 1.00 bits per heavy atom. The van der Waals surface area contributed by atoms with E-state index in [0.717, 1.165) is 25.7 Å². The molecule has 2 aromatic carbocycles. The predicted octanol–water partition coefficient (Wildman–Crippen LogP) is 3.75. The smallest absolute Gasteiger partial charge is 0.321 e. The van der Waals surface area contributed by atoms with Crippen molar-refractivity contribution in [2.45, 2.75) is 31.7 Å². The fraction of sp³-hybridized carbons (Fsp3) is 0.286. The van der Waals surface area contributed by atoms with E-state index in [0.29, 0.717) is 21.8 Å². The third kappa shape index (κ3) is 5.33. The van der Waals surface area contributed by atoms with E-state index >= 15 is 0 Å². The van der Waals surface area contributed by atoms with E-state index in [-0.39, 0.29) is 18.4 Å². The van der Waals surface area contributed by atoms with Gasteiger partial charge in [0.05, 0.1) is 6.54 Å². The maximum atomic E-state index is 12.8. The van der Waals surface area contributed by atoms with Crippen molar-refractivity contribution in [2.24, 2.45) is 0 Å². The van der Waals surface area contributed by atoms with Crippen LogP contribution in [0.4, 0.5) is 10.5 Å². The number of halogens is 1. The number of amides is 3. The first kappa shape index (κ1) is 19.9. The quantitative estimate of drug-likeness (QED) is 0.645. The third-order valence-corrected chi connectivity index (χ3v) is 4.88. The van der Waals surface area contributed by atoms with Crippen molar-refractivity contribution in [3.05, 3.63) is 64.7 Å². The second-order valence-electron chi connectivity index (χ2n) is 6.74. The topological polar surface area (TPSA) is 87.3 Å². The Morgan fingerprint density at radius 3 is 2.43 bits per heavy atom. The van der Waals surface area contributed by atoms with Crippen LogP contribution in [0.15, 0.2) is 48.5 Å². The zero-order chi connectivity index (χ0) is 19.9. The molecule has 0 atom stereocenters. The average Bonchev–Trinajstić information content (AvgIpc) is 3.20. The van der Waals surface area contributed by atoms with Crippen LogP contribution in [0, 0.1) is 0 Å². The number of hydrogen-bond donors (Lipinski definition) is 3. The molecule has 1 aliphatic rings. The van der Waals surface area contributed by atoms with Crippen LogP contribution in [0.5, 0.6) is 0 Å². The van der Waals surface area contributed by atoms with Crippen molar-refractivity contribution in [2.75, 3.05) is 11.9 Å². The van der Waals surface area contributed by atoms with E-state index in [1.54, 1.807) is 42.5 Å². The van der Waals surface area contributed by atoms with Gasteiger partial charge in [-0.05, 0) is 31.0 Å². The van der Waals surface area contributed by atoms with Crippen LogP contribution in [0.3, 0.4) is 0 Å². The van der Waals surface area contributed by atoms with Crippen molar-refractivity contribution in [3.63, 3.8) is 0 Å². The summed E-state index contributed by atoms with van der Waals surface area (Å²) in [6.45, 7) is -0.144. The number of anilines is 1. The zero-order valence-electron chi connectivity index (χ0n) is 15.3. The monoisotopic (exact) mass is 399 g/mol. The molecule has 7 heteroatoms. The van der Waals surface area contributed by atoms with E-state index < -0.39 is 11.9 Å². The lowest BCUT2D eigenvalue weighted by molar-refractivity contribution is -0.118. The van der Waals surface area contributed by atoms with Gasteiger partial charge in [-0.1, -0.05) is 54.8 Å². The minimum absolute atomic E-state index is 0.132. The fourth-order valence-corrected chi connectivity index (χ4v) is 3.41. The second-order valence-corrected chi connectivity index (χ2v) is 7.18. The Balaban J connectivity index is 1.61. The molecule has 0 aliphatic heterocycles. The molecule has 0 aromatic heterocycles. The maximum Gasteiger partial charge on any atom is 0.321 e. The number of carbonyl (C=O) groups is 3. The number of carbonyl (C=O) groups excluding carboxylic acids is 3. The van der Waals surface area contributed by atoms with Crippen molar-refractivity contribution in [1.82, 2.24) is 10.6 Å². The average molecular weight is 400 g/mol. The normalized spacial score (nSPS) is 13.8. The van der Waals surface area contributed by atoms with E-state index in [2.05, 4.69) is 16.0 Å². The van der Waals surface area contributed by atoms with Gasteiger partial charge >= 0.3 is 6.03 Å². The molecule has 0 unspecified atom stereocenters. The largest absolute Gasteiger partial charge is 0.376 e. The van der Waals surface area contributed by atoms with Crippen LogP contribution >= 0.6 is 11.6 Å². The molecule has 1 saturated carbocycles. The summed E-state index contributed by atoms with van der Waals surface area (Å²) in [6.07, 6.45) is 4.07. The summed E-state index contributed by atoms with van der Waals surface area (Å²) in [5.41, 5.74) is 1.36. The number of ketones is 1. The second kappa shape index (κ2) is 9.37. The fourth-order valence-electron chi connectivity index (χ4n) is 3.24. The molecule has 0 spiro atoms. The van der Waals surface area contributed by atoms with Crippen molar-refractivity contribution in [1.29, 1.82) is 0 Å². The number of urea groups is 1. The Hall–Kier alpha value is -2.86. The summed E-state index contributed by atoms with van der Waals surface area (Å²) in [5.74, 6) is -0.687. The number of imide groups is 1. The van der Waals surface area contributed by atoms with Gasteiger partial charge in [0.2, 0.25) is 5.91 Å². The first-order chi connectivity index (χ1) is 13.5. The molecular formula is C21H22ClN3O3. The van der Waals surface area contributed by atoms with Crippen LogP contribution < -0.4 is 16.0 Å². The number of benzene rings is 2. The maximum absolute atomic E-state index is 12.8. The first-order valence-corrected chi connectivity index (χ1v) is 9.64. The van der Waals surface area contributed by atoms with Gasteiger partial charge in [0, 0.05) is 27.9 Å². The van der Waals surface area contributed by atoms with Crippen LogP contribution in [-0.4, -0.2) is 30.3 Å². The molecule has 1 fully saturated rings. The summed E-state index contributed by atoms with van der Waals surface area (Å²) in [6, 6.07) is 13.3. The van der Waals surface area contributed by atoms with Gasteiger partial charge in [-0.2, -0.15) is 0 Å². The van der Waals surface area contributed by atoms with Gasteiger partial charge < -0.3 is 10.6 Å². The Kier molecular flexibility index (Phi) is 6.66. The van der Waals surface area contributed by atoms with Crippen molar-refractivity contribution >= 4 is 35.0 Å². The molecule has 3 rings (SSSR count). The summed E-state index contributed by atoms with van der Waals surface area (Å²) < 4.78 is 0. The van der Waals surface area contributed by atoms with Gasteiger partial charge in [0.1, 0.15) is 0 Å². The molecule has 0 heterocycles. The molecular weight excluding hydrogens is 378 g/mol. The highest BCUT2D eigenvalue weighted by Crippen LogP contribution is 2.23. The third-order valence-electron chi connectivity index (χ3n) is 4.64. The Labute approximate surface area is 168 Å². The lowest BCUT2D eigenvalue weighted by Gasteiger charge is -2.14. The summed E-state index contributed by atoms with van der Waals surface area (Å²) in [7, 11) is 0. The van der Waals surface area contributed by atoms with Gasteiger partial charge in [-0.3, -0.25) is 14.9 Å². The molecule has 0 saturated heterocycles. The predicted molar refractivity (Wildman–Crippen MR) is 109 cm³/mol. The highest BCUT2D eigenvalue weighted by molar-refractivity contribution is 6.31. The molecule has 0 radical (unpaired) electrons. The molecule has 0 bridgehead atoms. The molecule has 1 aliphatic carbocycles. The molecule has 2 aromatic rings. The van der Waals surface area contributed by atoms with Gasteiger partial charge in [-0.15, -0.1) is 0 Å². The highest BCUT2D eigenvalue weighted by Gasteiger charge is 2.19. The van der Waals surface area contributed by atoms with E-state index in [4.69, 9.17) is 11.6 Å². The molecule has 3 amide bonds. The summed E-state index contributed by atoms with van der Waals surface area (Å²) in [4.78, 5) is 36.7. The number of rotatable bonds is 6.